The highest BCUT2D eigenvalue weighted by Gasteiger charge is 2.44. The van der Waals surface area contributed by atoms with Crippen molar-refractivity contribution in [1.29, 1.82) is 0 Å². The molecule has 2 aliphatic rings. The summed E-state index contributed by atoms with van der Waals surface area (Å²) in [5.74, 6) is 0.697. The molecule has 8 nitrogen and oxygen atoms in total. The largest absolute Gasteiger partial charge is 0.496 e. The molecular weight excluding hydrogens is 520 g/mol. The fourth-order valence-electron chi connectivity index (χ4n) is 4.73. The second-order valence-corrected chi connectivity index (χ2v) is 11.9. The van der Waals surface area contributed by atoms with Crippen molar-refractivity contribution >= 4 is 46.0 Å². The van der Waals surface area contributed by atoms with Crippen LogP contribution in [0.4, 0.5) is 5.13 Å². The second-order valence-electron chi connectivity index (χ2n) is 9.55. The van der Waals surface area contributed by atoms with E-state index in [0.717, 1.165) is 21.1 Å². The number of aromatic nitrogens is 1. The molecule has 2 aromatic carbocycles. The molecule has 3 amide bonds. The van der Waals surface area contributed by atoms with Crippen LogP contribution in [0.1, 0.15) is 40.7 Å². The van der Waals surface area contributed by atoms with E-state index in [-0.39, 0.29) is 29.6 Å². The SMILES string of the molecule is COc1cc(C)c(Sc2cnc(NC(=O)C3CC3c3ccccc3)s2)cc1C(=O)N1CCN(C(C)=O)CC1. The fraction of sp³-hybridized carbons (Fsp3) is 0.357. The van der Waals surface area contributed by atoms with Crippen LogP contribution in [0.15, 0.2) is 57.8 Å². The number of methoxy groups -OCH3 is 1. The van der Waals surface area contributed by atoms with Gasteiger partial charge >= 0.3 is 0 Å². The number of aryl methyl sites for hydroxylation is 1. The highest BCUT2D eigenvalue weighted by molar-refractivity contribution is 8.01. The molecule has 1 aromatic heterocycles. The van der Waals surface area contributed by atoms with Gasteiger partial charge in [-0.2, -0.15) is 0 Å². The topological polar surface area (TPSA) is 91.8 Å². The normalized spacial score (nSPS) is 18.7. The van der Waals surface area contributed by atoms with Crippen LogP contribution >= 0.6 is 23.1 Å². The molecule has 1 aliphatic heterocycles. The van der Waals surface area contributed by atoms with Gasteiger partial charge in [0.1, 0.15) is 5.75 Å². The number of nitrogens with zero attached hydrogens (tertiary/aromatic N) is 3. The highest BCUT2D eigenvalue weighted by Crippen LogP contribution is 2.48. The number of benzene rings is 2. The van der Waals surface area contributed by atoms with Crippen molar-refractivity contribution in [3.63, 3.8) is 0 Å². The zero-order valence-corrected chi connectivity index (χ0v) is 23.2. The Morgan fingerprint density at radius 3 is 2.47 bits per heavy atom. The Morgan fingerprint density at radius 2 is 1.79 bits per heavy atom. The molecule has 0 bridgehead atoms. The maximum atomic E-state index is 13.4. The van der Waals surface area contributed by atoms with E-state index in [1.54, 1.807) is 30.0 Å². The molecule has 2 atom stereocenters. The molecular formula is C28H30N4O4S2. The summed E-state index contributed by atoms with van der Waals surface area (Å²) in [6.07, 6.45) is 2.60. The number of ether oxygens (including phenoxy) is 1. The van der Waals surface area contributed by atoms with Crippen molar-refractivity contribution in [2.75, 3.05) is 38.6 Å². The smallest absolute Gasteiger partial charge is 0.257 e. The van der Waals surface area contributed by atoms with Crippen LogP contribution in [-0.4, -0.2) is 65.8 Å². The summed E-state index contributed by atoms with van der Waals surface area (Å²) in [7, 11) is 1.56. The molecule has 1 N–H and O–H groups in total. The third kappa shape index (κ3) is 5.71. The fourth-order valence-corrected chi connectivity index (χ4v) is 6.67. The molecule has 1 aliphatic carbocycles. The third-order valence-corrected chi connectivity index (χ3v) is 9.19. The molecule has 2 fully saturated rings. The minimum atomic E-state index is -0.110. The van der Waals surface area contributed by atoms with Crippen molar-refractivity contribution in [2.45, 2.75) is 35.3 Å². The molecule has 10 heteroatoms. The zero-order valence-electron chi connectivity index (χ0n) is 21.6. The second kappa shape index (κ2) is 11.2. The number of nitrogens with one attached hydrogen (secondary N) is 1. The van der Waals surface area contributed by atoms with Crippen molar-refractivity contribution in [3.05, 3.63) is 65.4 Å². The van der Waals surface area contributed by atoms with E-state index in [1.165, 1.54) is 28.7 Å². The van der Waals surface area contributed by atoms with Gasteiger partial charge in [0.25, 0.3) is 5.91 Å². The maximum Gasteiger partial charge on any atom is 0.257 e. The molecule has 2 unspecified atom stereocenters. The van der Waals surface area contributed by atoms with Gasteiger partial charge in [-0.15, -0.1) is 0 Å². The van der Waals surface area contributed by atoms with Gasteiger partial charge in [-0.05, 0) is 42.5 Å². The maximum absolute atomic E-state index is 13.4. The first-order chi connectivity index (χ1) is 18.3. The van der Waals surface area contributed by atoms with Gasteiger partial charge in [-0.1, -0.05) is 53.4 Å². The number of amides is 3. The Labute approximate surface area is 230 Å². The van der Waals surface area contributed by atoms with Gasteiger partial charge in [-0.25, -0.2) is 4.98 Å². The Morgan fingerprint density at radius 1 is 1.08 bits per heavy atom. The lowest BCUT2D eigenvalue weighted by atomic mass is 10.1. The van der Waals surface area contributed by atoms with E-state index in [4.69, 9.17) is 4.74 Å². The van der Waals surface area contributed by atoms with E-state index in [1.807, 2.05) is 37.3 Å². The van der Waals surface area contributed by atoms with E-state index in [0.29, 0.717) is 42.6 Å². The number of piperazine rings is 1. The lowest BCUT2D eigenvalue weighted by molar-refractivity contribution is -0.130. The summed E-state index contributed by atoms with van der Waals surface area (Å²) in [5.41, 5.74) is 2.67. The van der Waals surface area contributed by atoms with Crippen LogP contribution < -0.4 is 10.1 Å². The average molecular weight is 551 g/mol. The Hall–Kier alpha value is -3.37. The number of carbonyl (C=O) groups is 3. The molecule has 0 spiro atoms. The first kappa shape index (κ1) is 26.2. The van der Waals surface area contributed by atoms with Gasteiger partial charge in [0.2, 0.25) is 11.8 Å². The molecule has 0 radical (unpaired) electrons. The van der Waals surface area contributed by atoms with E-state index < -0.39 is 0 Å². The van der Waals surface area contributed by atoms with Crippen molar-refractivity contribution in [2.24, 2.45) is 5.92 Å². The summed E-state index contributed by atoms with van der Waals surface area (Å²) in [6.45, 7) is 5.56. The molecule has 38 heavy (non-hydrogen) atoms. The number of thiazole rings is 1. The summed E-state index contributed by atoms with van der Waals surface area (Å²) in [4.78, 5) is 46.6. The molecule has 2 heterocycles. The van der Waals surface area contributed by atoms with Crippen molar-refractivity contribution in [3.8, 4) is 5.75 Å². The summed E-state index contributed by atoms with van der Waals surface area (Å²) in [6, 6.07) is 13.9. The number of rotatable bonds is 7. The van der Waals surface area contributed by atoms with Crippen LogP contribution in [0.3, 0.4) is 0 Å². The standard InChI is InChI=1S/C28H30N4O4S2/c1-17-13-23(36-3)22(27(35)32-11-9-31(10-12-32)18(2)33)15-24(17)37-25-16-29-28(38-25)30-26(34)21-14-20(21)19-7-5-4-6-8-19/h4-8,13,15-16,20-21H,9-12,14H2,1-3H3,(H,29,30,34). The first-order valence-electron chi connectivity index (χ1n) is 12.6. The van der Waals surface area contributed by atoms with Gasteiger partial charge in [-0.3, -0.25) is 14.4 Å². The van der Waals surface area contributed by atoms with E-state index in [9.17, 15) is 14.4 Å². The lowest BCUT2D eigenvalue weighted by Gasteiger charge is -2.34. The monoisotopic (exact) mass is 550 g/mol. The van der Waals surface area contributed by atoms with Crippen LogP contribution in [-0.2, 0) is 9.59 Å². The van der Waals surface area contributed by atoms with Gasteiger partial charge in [0.05, 0.1) is 23.1 Å². The highest BCUT2D eigenvalue weighted by atomic mass is 32.2. The Kier molecular flexibility index (Phi) is 7.71. The molecule has 3 aromatic rings. The van der Waals surface area contributed by atoms with Crippen molar-refractivity contribution in [1.82, 2.24) is 14.8 Å². The van der Waals surface area contributed by atoms with Crippen LogP contribution in [0.2, 0.25) is 0 Å². The van der Waals surface area contributed by atoms with Gasteiger partial charge in [0, 0.05) is 43.9 Å². The Balaban J connectivity index is 1.25. The number of carbonyl (C=O) groups excluding carboxylic acids is 3. The Bertz CT molecular complexity index is 1350. The predicted octanol–water partition coefficient (Wildman–Crippen LogP) is 4.66. The number of anilines is 1. The van der Waals surface area contributed by atoms with Crippen LogP contribution in [0.25, 0.3) is 0 Å². The summed E-state index contributed by atoms with van der Waals surface area (Å²) in [5, 5.41) is 3.54. The average Bonchev–Trinajstić information content (AvgIpc) is 3.63. The van der Waals surface area contributed by atoms with E-state index in [2.05, 4.69) is 22.4 Å². The number of hydrogen-bond acceptors (Lipinski definition) is 7. The first-order valence-corrected chi connectivity index (χ1v) is 14.2. The molecule has 198 valence electrons. The van der Waals surface area contributed by atoms with Gasteiger partial charge < -0.3 is 19.9 Å². The number of hydrogen-bond donors (Lipinski definition) is 1. The third-order valence-electron chi connectivity index (χ3n) is 7.02. The van der Waals surface area contributed by atoms with Crippen molar-refractivity contribution < 1.29 is 19.1 Å². The molecule has 1 saturated heterocycles. The lowest BCUT2D eigenvalue weighted by Crippen LogP contribution is -2.50. The van der Waals surface area contributed by atoms with E-state index >= 15 is 0 Å². The summed E-state index contributed by atoms with van der Waals surface area (Å²) < 4.78 is 6.46. The minimum Gasteiger partial charge on any atom is -0.496 e. The molecule has 5 rings (SSSR count). The van der Waals surface area contributed by atoms with Gasteiger partial charge in [0.15, 0.2) is 5.13 Å². The summed E-state index contributed by atoms with van der Waals surface area (Å²) >= 11 is 2.93. The quantitative estimate of drug-likeness (QED) is 0.460. The van der Waals surface area contributed by atoms with Crippen LogP contribution in [0, 0.1) is 12.8 Å². The van der Waals surface area contributed by atoms with Crippen LogP contribution in [0.5, 0.6) is 5.75 Å². The molecule has 1 saturated carbocycles. The predicted molar refractivity (Wildman–Crippen MR) is 148 cm³/mol. The minimum absolute atomic E-state index is 0.00290. The zero-order chi connectivity index (χ0) is 26.8.